The van der Waals surface area contributed by atoms with Gasteiger partial charge in [-0.25, -0.2) is 9.59 Å². The lowest BCUT2D eigenvalue weighted by atomic mass is 9.83. The second kappa shape index (κ2) is 10.3. The molecule has 0 spiro atoms. The van der Waals surface area contributed by atoms with E-state index in [1.807, 2.05) is 60.7 Å². The summed E-state index contributed by atoms with van der Waals surface area (Å²) in [5.41, 5.74) is 1.45. The van der Waals surface area contributed by atoms with Crippen molar-refractivity contribution in [3.05, 3.63) is 60.7 Å². The molecule has 0 aromatic heterocycles. The summed E-state index contributed by atoms with van der Waals surface area (Å²) in [6.45, 7) is 0.835. The summed E-state index contributed by atoms with van der Waals surface area (Å²) < 4.78 is 10.7. The van der Waals surface area contributed by atoms with Crippen molar-refractivity contribution < 1.29 is 19.1 Å². The Bertz CT molecular complexity index is 678. The lowest BCUT2D eigenvalue weighted by Crippen LogP contribution is -2.25. The molecule has 6 nitrogen and oxygen atoms in total. The lowest BCUT2D eigenvalue weighted by molar-refractivity contribution is 0.0953. The molecule has 0 saturated heterocycles. The molecule has 2 amide bonds. The van der Waals surface area contributed by atoms with Gasteiger partial charge in [0.05, 0.1) is 13.2 Å². The summed E-state index contributed by atoms with van der Waals surface area (Å²) in [4.78, 5) is 23.7. The Morgan fingerprint density at radius 3 is 1.39 bits per heavy atom. The lowest BCUT2D eigenvalue weighted by Gasteiger charge is -2.27. The predicted octanol–water partition coefficient (Wildman–Crippen LogP) is 5.29. The van der Waals surface area contributed by atoms with Crippen LogP contribution in [0.2, 0.25) is 0 Å². The number of hydrogen-bond acceptors (Lipinski definition) is 4. The highest BCUT2D eigenvalue weighted by Gasteiger charge is 2.23. The van der Waals surface area contributed by atoms with Gasteiger partial charge < -0.3 is 9.47 Å². The van der Waals surface area contributed by atoms with Crippen LogP contribution in [0.25, 0.3) is 0 Å². The molecule has 1 fully saturated rings. The van der Waals surface area contributed by atoms with Gasteiger partial charge in [0.15, 0.2) is 0 Å². The highest BCUT2D eigenvalue weighted by atomic mass is 16.6. The van der Waals surface area contributed by atoms with Crippen LogP contribution in [0.3, 0.4) is 0 Å². The van der Waals surface area contributed by atoms with Crippen LogP contribution in [0.1, 0.15) is 25.7 Å². The van der Waals surface area contributed by atoms with Crippen LogP contribution < -0.4 is 10.6 Å². The molecule has 0 aliphatic heterocycles. The van der Waals surface area contributed by atoms with E-state index in [0.717, 1.165) is 37.1 Å². The first-order chi connectivity index (χ1) is 13.7. The number of para-hydroxylation sites is 2. The standard InChI is InChI=1S/C22H26N2O4/c25-21(23-19-7-3-1-4-8-19)27-15-17-11-13-18(14-12-17)16-28-22(26)24-20-9-5-2-6-10-20/h1-10,17-18H,11-16H2,(H,23,25)(H,24,26). The molecule has 1 aliphatic rings. The fourth-order valence-electron chi connectivity index (χ4n) is 3.30. The van der Waals surface area contributed by atoms with Gasteiger partial charge in [0.25, 0.3) is 0 Å². The number of rotatable bonds is 6. The van der Waals surface area contributed by atoms with Crippen LogP contribution in [0.5, 0.6) is 0 Å². The molecule has 0 unspecified atom stereocenters. The van der Waals surface area contributed by atoms with Crippen molar-refractivity contribution in [2.24, 2.45) is 11.8 Å². The summed E-state index contributed by atoms with van der Waals surface area (Å²) in [6.07, 6.45) is 3.02. The zero-order chi connectivity index (χ0) is 19.6. The van der Waals surface area contributed by atoms with Crippen LogP contribution in [0.15, 0.2) is 60.7 Å². The summed E-state index contributed by atoms with van der Waals surface area (Å²) in [5, 5.41) is 5.43. The second-order valence-electron chi connectivity index (χ2n) is 7.07. The molecule has 1 saturated carbocycles. The molecule has 0 atom stereocenters. The zero-order valence-electron chi connectivity index (χ0n) is 15.8. The first kappa shape index (κ1) is 19.7. The number of benzene rings is 2. The number of anilines is 2. The number of ether oxygens (including phenoxy) is 2. The Kier molecular flexibility index (Phi) is 7.29. The van der Waals surface area contributed by atoms with Crippen molar-refractivity contribution in [1.82, 2.24) is 0 Å². The van der Waals surface area contributed by atoms with Crippen molar-refractivity contribution in [2.75, 3.05) is 23.8 Å². The van der Waals surface area contributed by atoms with Gasteiger partial charge in [0.2, 0.25) is 0 Å². The number of carbonyl (C=O) groups excluding carboxylic acids is 2. The van der Waals surface area contributed by atoms with Gasteiger partial charge in [-0.2, -0.15) is 0 Å². The van der Waals surface area contributed by atoms with Crippen molar-refractivity contribution in [1.29, 1.82) is 0 Å². The molecular weight excluding hydrogens is 356 g/mol. The van der Waals surface area contributed by atoms with E-state index in [4.69, 9.17) is 9.47 Å². The van der Waals surface area contributed by atoms with Crippen molar-refractivity contribution >= 4 is 23.6 Å². The van der Waals surface area contributed by atoms with Gasteiger partial charge in [-0.3, -0.25) is 10.6 Å². The highest BCUT2D eigenvalue weighted by molar-refractivity contribution is 5.84. The van der Waals surface area contributed by atoms with Gasteiger partial charge in [-0.15, -0.1) is 0 Å². The summed E-state index contributed by atoms with van der Waals surface area (Å²) in [7, 11) is 0. The third-order valence-corrected chi connectivity index (χ3v) is 4.91. The average Bonchev–Trinajstić information content (AvgIpc) is 2.73. The second-order valence-corrected chi connectivity index (χ2v) is 7.07. The maximum absolute atomic E-state index is 11.8. The highest BCUT2D eigenvalue weighted by Crippen LogP contribution is 2.29. The molecule has 6 heteroatoms. The minimum absolute atomic E-state index is 0.357. The zero-order valence-corrected chi connectivity index (χ0v) is 15.8. The van der Waals surface area contributed by atoms with Crippen LogP contribution in [0, 0.1) is 11.8 Å². The van der Waals surface area contributed by atoms with Crippen molar-refractivity contribution in [3.63, 3.8) is 0 Å². The molecule has 2 N–H and O–H groups in total. The molecule has 0 bridgehead atoms. The van der Waals surface area contributed by atoms with Crippen LogP contribution in [0.4, 0.5) is 21.0 Å². The third kappa shape index (κ3) is 6.61. The van der Waals surface area contributed by atoms with E-state index in [1.165, 1.54) is 0 Å². The predicted molar refractivity (Wildman–Crippen MR) is 108 cm³/mol. The minimum atomic E-state index is -0.422. The number of hydrogen-bond donors (Lipinski definition) is 2. The largest absolute Gasteiger partial charge is 0.449 e. The molecule has 2 aromatic rings. The van der Waals surface area contributed by atoms with Gasteiger partial charge in [0, 0.05) is 11.4 Å². The van der Waals surface area contributed by atoms with E-state index in [0.29, 0.717) is 25.0 Å². The van der Waals surface area contributed by atoms with Gasteiger partial charge >= 0.3 is 12.2 Å². The van der Waals surface area contributed by atoms with Gasteiger partial charge in [-0.05, 0) is 61.8 Å². The maximum Gasteiger partial charge on any atom is 0.411 e. The van der Waals surface area contributed by atoms with E-state index < -0.39 is 12.2 Å². The molecule has 2 aromatic carbocycles. The number of nitrogens with one attached hydrogen (secondary N) is 2. The topological polar surface area (TPSA) is 76.7 Å². The number of amides is 2. The molecular formula is C22H26N2O4. The van der Waals surface area contributed by atoms with Crippen molar-refractivity contribution in [2.45, 2.75) is 25.7 Å². The average molecular weight is 382 g/mol. The smallest absolute Gasteiger partial charge is 0.411 e. The van der Waals surface area contributed by atoms with Crippen LogP contribution >= 0.6 is 0 Å². The van der Waals surface area contributed by atoms with E-state index in [1.54, 1.807) is 0 Å². The van der Waals surface area contributed by atoms with Crippen LogP contribution in [-0.2, 0) is 9.47 Å². The molecule has 148 valence electrons. The summed E-state index contributed by atoms with van der Waals surface area (Å²) >= 11 is 0. The third-order valence-electron chi connectivity index (χ3n) is 4.91. The van der Waals surface area contributed by atoms with Crippen molar-refractivity contribution in [3.8, 4) is 0 Å². The molecule has 0 radical (unpaired) electrons. The quantitative estimate of drug-likeness (QED) is 0.712. The van der Waals surface area contributed by atoms with Gasteiger partial charge in [-0.1, -0.05) is 36.4 Å². The van der Waals surface area contributed by atoms with Crippen LogP contribution in [-0.4, -0.2) is 25.4 Å². The van der Waals surface area contributed by atoms with E-state index >= 15 is 0 Å². The van der Waals surface area contributed by atoms with E-state index in [2.05, 4.69) is 10.6 Å². The molecule has 0 heterocycles. The number of carbonyl (C=O) groups is 2. The fourth-order valence-corrected chi connectivity index (χ4v) is 3.30. The fraction of sp³-hybridized carbons (Fsp3) is 0.364. The first-order valence-electron chi connectivity index (χ1n) is 9.66. The summed E-state index contributed by atoms with van der Waals surface area (Å²) in [5.74, 6) is 0.715. The molecule has 1 aliphatic carbocycles. The van der Waals surface area contributed by atoms with E-state index in [-0.39, 0.29) is 0 Å². The Labute approximate surface area is 165 Å². The van der Waals surface area contributed by atoms with E-state index in [9.17, 15) is 9.59 Å². The SMILES string of the molecule is O=C(Nc1ccccc1)OCC1CCC(COC(=O)Nc2ccccc2)CC1. The molecule has 3 rings (SSSR count). The Balaban J connectivity index is 1.29. The molecule has 28 heavy (non-hydrogen) atoms. The summed E-state index contributed by atoms with van der Waals surface area (Å²) in [6, 6.07) is 18.5. The minimum Gasteiger partial charge on any atom is -0.449 e. The normalized spacial score (nSPS) is 18.7. The maximum atomic E-state index is 11.8. The Morgan fingerprint density at radius 2 is 1.04 bits per heavy atom. The first-order valence-corrected chi connectivity index (χ1v) is 9.66. The van der Waals surface area contributed by atoms with Gasteiger partial charge in [0.1, 0.15) is 0 Å². The Hall–Kier alpha value is -3.02. The monoisotopic (exact) mass is 382 g/mol. The Morgan fingerprint density at radius 1 is 0.679 bits per heavy atom.